The predicted molar refractivity (Wildman–Crippen MR) is 78.1 cm³/mol. The minimum Gasteiger partial charge on any atom is -0.394 e. The summed E-state index contributed by atoms with van der Waals surface area (Å²) in [6, 6.07) is 0. The third kappa shape index (κ3) is 19.5. The summed E-state index contributed by atoms with van der Waals surface area (Å²) in [6.45, 7) is 5.85. The molecule has 0 rings (SSSR count). The highest BCUT2D eigenvalue weighted by atomic mass is 16.5. The Morgan fingerprint density at radius 1 is 1.06 bits per heavy atom. The topological polar surface area (TPSA) is 29.5 Å². The van der Waals surface area contributed by atoms with Gasteiger partial charge in [-0.1, -0.05) is 62.8 Å². The summed E-state index contributed by atoms with van der Waals surface area (Å²) in [5.74, 6) is 0.691. The van der Waals surface area contributed by atoms with Crippen LogP contribution in [0.5, 0.6) is 0 Å². The zero-order valence-electron chi connectivity index (χ0n) is 8.38. The molecule has 1 atom stereocenters. The van der Waals surface area contributed by atoms with Crippen molar-refractivity contribution in [1.29, 1.82) is 0 Å². The van der Waals surface area contributed by atoms with E-state index in [9.17, 15) is 0 Å². The van der Waals surface area contributed by atoms with Gasteiger partial charge in [-0.3, -0.25) is 0 Å². The van der Waals surface area contributed by atoms with Crippen LogP contribution in [-0.2, 0) is 4.74 Å². The van der Waals surface area contributed by atoms with E-state index in [-0.39, 0.29) is 36.3 Å². The molecule has 0 heterocycles. The number of unbranched alkanes of at least 4 members (excludes halogenated alkanes) is 1. The van der Waals surface area contributed by atoms with Crippen molar-refractivity contribution in [1.82, 2.24) is 0 Å². The summed E-state index contributed by atoms with van der Waals surface area (Å²) < 4.78 is 5.28. The summed E-state index contributed by atoms with van der Waals surface area (Å²) in [4.78, 5) is 0. The van der Waals surface area contributed by atoms with Crippen molar-refractivity contribution in [3.63, 3.8) is 0 Å². The summed E-state index contributed by atoms with van der Waals surface area (Å²) in [5, 5.41) is 8.50. The molecule has 0 amide bonds. The lowest BCUT2D eigenvalue weighted by atomic mass is 10.0. The first-order valence-electron chi connectivity index (χ1n) is 5.03. The lowest BCUT2D eigenvalue weighted by Crippen LogP contribution is -2.10. The van der Waals surface area contributed by atoms with E-state index in [4.69, 9.17) is 9.84 Å². The number of aliphatic hydroxyl groups excluding tert-OH is 1. The summed E-state index contributed by atoms with van der Waals surface area (Å²) in [5.41, 5.74) is 0. The fraction of sp³-hybridized carbons (Fsp3) is 1.00. The van der Waals surface area contributed by atoms with Crippen LogP contribution in [0.4, 0.5) is 0 Å². The van der Waals surface area contributed by atoms with Crippen molar-refractivity contribution < 1.29 is 9.84 Å². The molecule has 2 nitrogen and oxygen atoms in total. The maximum atomic E-state index is 8.50. The molecular formula is C14H38O2. The first-order chi connectivity index (χ1) is 5.85. The number of ether oxygens (including phenoxy) is 1. The van der Waals surface area contributed by atoms with Crippen LogP contribution in [0.3, 0.4) is 0 Å². The molecule has 0 bridgehead atoms. The number of hydrogen-bond donors (Lipinski definition) is 1. The van der Waals surface area contributed by atoms with Crippen molar-refractivity contribution in [2.75, 3.05) is 19.8 Å². The van der Waals surface area contributed by atoms with Crippen LogP contribution in [0.2, 0.25) is 0 Å². The van der Waals surface area contributed by atoms with E-state index in [2.05, 4.69) is 13.8 Å². The fourth-order valence-corrected chi connectivity index (χ4v) is 1.21. The van der Waals surface area contributed by atoms with E-state index < -0.39 is 0 Å². The lowest BCUT2D eigenvalue weighted by Gasteiger charge is -2.13. The Morgan fingerprint density at radius 2 is 1.62 bits per heavy atom. The summed E-state index contributed by atoms with van der Waals surface area (Å²) in [7, 11) is 0. The minimum atomic E-state index is 0. The van der Waals surface area contributed by atoms with Gasteiger partial charge in [0, 0.05) is 6.61 Å². The van der Waals surface area contributed by atoms with Gasteiger partial charge in [-0.2, -0.15) is 0 Å². The number of aliphatic hydroxyl groups is 1. The molecule has 0 aliphatic carbocycles. The zero-order chi connectivity index (χ0) is 9.23. The van der Waals surface area contributed by atoms with E-state index in [0.29, 0.717) is 12.5 Å². The van der Waals surface area contributed by atoms with E-state index in [1.54, 1.807) is 0 Å². The van der Waals surface area contributed by atoms with Crippen LogP contribution in [-0.4, -0.2) is 24.9 Å². The molecule has 0 saturated carbocycles. The summed E-state index contributed by atoms with van der Waals surface area (Å²) in [6.07, 6.45) is 5.00. The second-order valence-corrected chi connectivity index (χ2v) is 3.22. The zero-order valence-corrected chi connectivity index (χ0v) is 8.38. The standard InChI is InChI=1S/C10H22O2.4CH4/c1-3-5-6-10(4-2)9-12-8-7-11;;;;/h10-11H,3-9H2,1-2H3;4*1H4. The van der Waals surface area contributed by atoms with E-state index in [0.717, 1.165) is 6.61 Å². The van der Waals surface area contributed by atoms with Gasteiger partial charge in [0.05, 0.1) is 13.2 Å². The first kappa shape index (κ1) is 29.7. The highest BCUT2D eigenvalue weighted by molar-refractivity contribution is 4.55. The van der Waals surface area contributed by atoms with Crippen LogP contribution >= 0.6 is 0 Å². The molecule has 106 valence electrons. The predicted octanol–water partition coefficient (Wildman–Crippen LogP) is 4.76. The Balaban J connectivity index is -0.000000101. The average Bonchev–Trinajstić information content (AvgIpc) is 2.11. The Bertz CT molecular complexity index is 84.8. The highest BCUT2D eigenvalue weighted by Crippen LogP contribution is 2.12. The van der Waals surface area contributed by atoms with Crippen LogP contribution in [0.25, 0.3) is 0 Å². The molecule has 0 aromatic rings. The Morgan fingerprint density at radius 3 is 2.00 bits per heavy atom. The smallest absolute Gasteiger partial charge is 0.0697 e. The molecule has 0 fully saturated rings. The molecule has 0 aromatic heterocycles. The SMILES string of the molecule is C.C.C.C.CCCCC(CC)COCCO. The number of rotatable bonds is 8. The van der Waals surface area contributed by atoms with Gasteiger partial charge in [-0.05, 0) is 12.3 Å². The van der Waals surface area contributed by atoms with E-state index in [1.807, 2.05) is 0 Å². The third-order valence-corrected chi connectivity index (χ3v) is 2.13. The van der Waals surface area contributed by atoms with Crippen LogP contribution in [0, 0.1) is 5.92 Å². The number of hydrogen-bond acceptors (Lipinski definition) is 2. The van der Waals surface area contributed by atoms with Crippen molar-refractivity contribution in [2.24, 2.45) is 5.92 Å². The van der Waals surface area contributed by atoms with Crippen LogP contribution in [0.15, 0.2) is 0 Å². The third-order valence-electron chi connectivity index (χ3n) is 2.13. The van der Waals surface area contributed by atoms with Gasteiger partial charge in [-0.15, -0.1) is 0 Å². The maximum Gasteiger partial charge on any atom is 0.0697 e. The first-order valence-corrected chi connectivity index (χ1v) is 5.03. The van der Waals surface area contributed by atoms with Crippen molar-refractivity contribution in [2.45, 2.75) is 69.2 Å². The van der Waals surface area contributed by atoms with Gasteiger partial charge >= 0.3 is 0 Å². The van der Waals surface area contributed by atoms with Gasteiger partial charge in [0.25, 0.3) is 0 Å². The molecule has 0 radical (unpaired) electrons. The molecule has 0 aliphatic rings. The Hall–Kier alpha value is -0.0800. The van der Waals surface area contributed by atoms with E-state index >= 15 is 0 Å². The second-order valence-electron chi connectivity index (χ2n) is 3.22. The van der Waals surface area contributed by atoms with Crippen molar-refractivity contribution in [3.05, 3.63) is 0 Å². The largest absolute Gasteiger partial charge is 0.394 e. The molecular weight excluding hydrogens is 200 g/mol. The molecule has 2 heteroatoms. The van der Waals surface area contributed by atoms with Gasteiger partial charge in [0.1, 0.15) is 0 Å². The Kier molecular flexibility index (Phi) is 45.0. The minimum absolute atomic E-state index is 0. The van der Waals surface area contributed by atoms with Crippen molar-refractivity contribution >= 4 is 0 Å². The average molecular weight is 238 g/mol. The van der Waals surface area contributed by atoms with Gasteiger partial charge < -0.3 is 9.84 Å². The maximum absolute atomic E-state index is 8.50. The highest BCUT2D eigenvalue weighted by Gasteiger charge is 2.04. The molecule has 1 unspecified atom stereocenters. The Labute approximate surface area is 105 Å². The van der Waals surface area contributed by atoms with E-state index in [1.165, 1.54) is 25.7 Å². The molecule has 16 heavy (non-hydrogen) atoms. The fourth-order valence-electron chi connectivity index (χ4n) is 1.21. The normalized spacial score (nSPS) is 9.94. The van der Waals surface area contributed by atoms with Crippen LogP contribution in [0.1, 0.15) is 69.2 Å². The van der Waals surface area contributed by atoms with Gasteiger partial charge in [-0.25, -0.2) is 0 Å². The molecule has 0 spiro atoms. The molecule has 1 N–H and O–H groups in total. The molecule has 0 aromatic carbocycles. The van der Waals surface area contributed by atoms with Gasteiger partial charge in [0.15, 0.2) is 0 Å². The van der Waals surface area contributed by atoms with Crippen LogP contribution < -0.4 is 0 Å². The van der Waals surface area contributed by atoms with Crippen molar-refractivity contribution in [3.8, 4) is 0 Å². The summed E-state index contributed by atoms with van der Waals surface area (Å²) >= 11 is 0. The monoisotopic (exact) mass is 238 g/mol. The lowest BCUT2D eigenvalue weighted by molar-refractivity contribution is 0.0640. The molecule has 0 aliphatic heterocycles. The quantitative estimate of drug-likeness (QED) is 0.618. The van der Waals surface area contributed by atoms with Gasteiger partial charge in [0.2, 0.25) is 0 Å². The molecule has 0 saturated heterocycles. The second kappa shape index (κ2) is 24.2.